The van der Waals surface area contributed by atoms with Crippen LogP contribution < -0.4 is 15.4 Å². The maximum absolute atomic E-state index is 12.3. The van der Waals surface area contributed by atoms with E-state index in [9.17, 15) is 9.59 Å². The summed E-state index contributed by atoms with van der Waals surface area (Å²) >= 11 is 6.04. The number of carbonyl (C=O) groups is 2. The van der Waals surface area contributed by atoms with E-state index < -0.39 is 0 Å². The first-order chi connectivity index (χ1) is 13.5. The molecule has 6 heteroatoms. The van der Waals surface area contributed by atoms with Crippen LogP contribution in [0.4, 0.5) is 5.69 Å². The number of fused-ring (bicyclic) bond motifs is 1. The van der Waals surface area contributed by atoms with Gasteiger partial charge in [-0.05, 0) is 60.7 Å². The first-order valence-corrected chi connectivity index (χ1v) is 10.0. The lowest BCUT2D eigenvalue weighted by Crippen LogP contribution is -2.28. The lowest BCUT2D eigenvalue weighted by molar-refractivity contribution is -0.122. The molecule has 5 nitrogen and oxygen atoms in total. The largest absolute Gasteiger partial charge is 0.494 e. The normalized spacial score (nSPS) is 14.0. The molecular formula is C22H25ClN2O3. The number of carbonyl (C=O) groups excluding carboxylic acids is 2. The summed E-state index contributed by atoms with van der Waals surface area (Å²) in [6, 6.07) is 13.2. The van der Waals surface area contributed by atoms with Crippen LogP contribution in [0.1, 0.15) is 49.8 Å². The second kappa shape index (κ2) is 9.60. The van der Waals surface area contributed by atoms with Crippen molar-refractivity contribution >= 4 is 29.1 Å². The molecule has 1 aliphatic heterocycles. The summed E-state index contributed by atoms with van der Waals surface area (Å²) in [5, 5.41) is 6.58. The van der Waals surface area contributed by atoms with Gasteiger partial charge >= 0.3 is 0 Å². The van der Waals surface area contributed by atoms with E-state index >= 15 is 0 Å². The molecule has 1 unspecified atom stereocenters. The van der Waals surface area contributed by atoms with E-state index in [4.69, 9.17) is 16.3 Å². The topological polar surface area (TPSA) is 67.4 Å². The number of hydrogen-bond donors (Lipinski definition) is 2. The number of halogens is 1. The van der Waals surface area contributed by atoms with E-state index in [2.05, 4.69) is 10.6 Å². The number of nitrogens with one attached hydrogen (secondary N) is 2. The van der Waals surface area contributed by atoms with Gasteiger partial charge in [0.05, 0.1) is 12.6 Å². The van der Waals surface area contributed by atoms with Crippen LogP contribution in [0.25, 0.3) is 0 Å². The second-order valence-electron chi connectivity index (χ2n) is 6.90. The minimum Gasteiger partial charge on any atom is -0.494 e. The predicted octanol–water partition coefficient (Wildman–Crippen LogP) is 4.65. The van der Waals surface area contributed by atoms with Crippen molar-refractivity contribution in [1.29, 1.82) is 0 Å². The Bertz CT molecular complexity index is 853. The minimum absolute atomic E-state index is 0.00331. The van der Waals surface area contributed by atoms with Crippen molar-refractivity contribution in [3.05, 3.63) is 58.6 Å². The maximum atomic E-state index is 12.3. The van der Waals surface area contributed by atoms with E-state index in [0.29, 0.717) is 30.9 Å². The average Bonchev–Trinajstić information content (AvgIpc) is 2.69. The Balaban J connectivity index is 1.43. The van der Waals surface area contributed by atoms with Crippen molar-refractivity contribution in [3.8, 4) is 5.75 Å². The number of anilines is 1. The summed E-state index contributed by atoms with van der Waals surface area (Å²) in [4.78, 5) is 23.7. The van der Waals surface area contributed by atoms with Crippen molar-refractivity contribution in [2.24, 2.45) is 0 Å². The molecule has 0 aromatic heterocycles. The fraction of sp³-hybridized carbons (Fsp3) is 0.364. The molecule has 2 amide bonds. The smallest absolute Gasteiger partial charge is 0.224 e. The van der Waals surface area contributed by atoms with Crippen LogP contribution in [0, 0.1) is 0 Å². The van der Waals surface area contributed by atoms with E-state index in [0.717, 1.165) is 35.4 Å². The highest BCUT2D eigenvalue weighted by Crippen LogP contribution is 2.27. The summed E-state index contributed by atoms with van der Waals surface area (Å²) < 4.78 is 5.77. The zero-order valence-electron chi connectivity index (χ0n) is 16.0. The summed E-state index contributed by atoms with van der Waals surface area (Å²) in [5.41, 5.74) is 2.96. The van der Waals surface area contributed by atoms with Crippen LogP contribution in [-0.2, 0) is 16.0 Å². The van der Waals surface area contributed by atoms with Gasteiger partial charge < -0.3 is 15.4 Å². The Morgan fingerprint density at radius 1 is 1.25 bits per heavy atom. The Morgan fingerprint density at radius 2 is 2.11 bits per heavy atom. The highest BCUT2D eigenvalue weighted by molar-refractivity contribution is 6.30. The van der Waals surface area contributed by atoms with Crippen LogP contribution in [0.5, 0.6) is 5.75 Å². The third-order valence-corrected chi connectivity index (χ3v) is 5.02. The van der Waals surface area contributed by atoms with E-state index in [1.807, 2.05) is 49.4 Å². The van der Waals surface area contributed by atoms with Gasteiger partial charge in [-0.25, -0.2) is 0 Å². The standard InChI is InChI=1S/C22H25ClN2O3/c1-2-19(15-5-3-6-17(23)13-15)24-21(26)7-4-12-28-18-9-10-20-16(14-18)8-11-22(27)25-20/h3,5-6,9-10,13-14,19H,2,4,7-8,11-12H2,1H3,(H,24,26)(H,25,27). The molecule has 1 atom stereocenters. The average molecular weight is 401 g/mol. The third kappa shape index (κ3) is 5.49. The SMILES string of the molecule is CCC(NC(=O)CCCOc1ccc2c(c1)CCC(=O)N2)c1cccc(Cl)c1. The second-order valence-corrected chi connectivity index (χ2v) is 7.34. The molecule has 148 valence electrons. The fourth-order valence-corrected chi connectivity index (χ4v) is 3.48. The van der Waals surface area contributed by atoms with Gasteiger partial charge in [0.25, 0.3) is 0 Å². The van der Waals surface area contributed by atoms with Crippen molar-refractivity contribution in [2.45, 2.75) is 45.1 Å². The highest BCUT2D eigenvalue weighted by Gasteiger charge is 2.15. The number of hydrogen-bond acceptors (Lipinski definition) is 3. The van der Waals surface area contributed by atoms with Gasteiger partial charge in [0.15, 0.2) is 0 Å². The van der Waals surface area contributed by atoms with Crippen molar-refractivity contribution in [2.75, 3.05) is 11.9 Å². The lowest BCUT2D eigenvalue weighted by atomic mass is 10.0. The molecule has 2 aromatic carbocycles. The predicted molar refractivity (Wildman–Crippen MR) is 111 cm³/mol. The van der Waals surface area contributed by atoms with Crippen molar-refractivity contribution in [3.63, 3.8) is 0 Å². The van der Waals surface area contributed by atoms with Crippen LogP contribution >= 0.6 is 11.6 Å². The summed E-state index contributed by atoms with van der Waals surface area (Å²) in [5.74, 6) is 0.819. The zero-order chi connectivity index (χ0) is 19.9. The molecule has 0 radical (unpaired) electrons. The fourth-order valence-electron chi connectivity index (χ4n) is 3.28. The Labute approximate surface area is 170 Å². The third-order valence-electron chi connectivity index (χ3n) is 4.78. The molecule has 0 bridgehead atoms. The summed E-state index contributed by atoms with van der Waals surface area (Å²) in [6.45, 7) is 2.50. The lowest BCUT2D eigenvalue weighted by Gasteiger charge is -2.18. The molecule has 2 aromatic rings. The van der Waals surface area contributed by atoms with Crippen LogP contribution in [-0.4, -0.2) is 18.4 Å². The first-order valence-electron chi connectivity index (χ1n) is 9.65. The number of rotatable bonds is 8. The van der Waals surface area contributed by atoms with Crippen LogP contribution in [0.15, 0.2) is 42.5 Å². The number of aryl methyl sites for hydroxylation is 1. The van der Waals surface area contributed by atoms with Crippen LogP contribution in [0.2, 0.25) is 5.02 Å². The van der Waals surface area contributed by atoms with E-state index in [1.54, 1.807) is 0 Å². The van der Waals surface area contributed by atoms with Gasteiger partial charge in [0.2, 0.25) is 11.8 Å². The monoisotopic (exact) mass is 400 g/mol. The molecule has 28 heavy (non-hydrogen) atoms. The van der Waals surface area contributed by atoms with Gasteiger partial charge in [-0.2, -0.15) is 0 Å². The van der Waals surface area contributed by atoms with Gasteiger partial charge in [-0.15, -0.1) is 0 Å². The summed E-state index contributed by atoms with van der Waals surface area (Å²) in [7, 11) is 0. The molecule has 3 rings (SSSR count). The molecule has 0 saturated heterocycles. The summed E-state index contributed by atoms with van der Waals surface area (Å²) in [6.07, 6.45) is 3.06. The van der Waals surface area contributed by atoms with Gasteiger partial charge in [-0.1, -0.05) is 30.7 Å². The van der Waals surface area contributed by atoms with Gasteiger partial charge in [0.1, 0.15) is 5.75 Å². The maximum Gasteiger partial charge on any atom is 0.224 e. The molecule has 0 fully saturated rings. The number of amides is 2. The molecular weight excluding hydrogens is 376 g/mol. The number of ether oxygens (including phenoxy) is 1. The Kier molecular flexibility index (Phi) is 6.93. The Hall–Kier alpha value is -2.53. The molecule has 1 heterocycles. The minimum atomic E-state index is -0.0389. The molecule has 1 aliphatic rings. The zero-order valence-corrected chi connectivity index (χ0v) is 16.7. The molecule has 0 aliphatic carbocycles. The van der Waals surface area contributed by atoms with E-state index in [1.165, 1.54) is 0 Å². The Morgan fingerprint density at radius 3 is 2.89 bits per heavy atom. The number of benzene rings is 2. The van der Waals surface area contributed by atoms with Gasteiger partial charge in [-0.3, -0.25) is 9.59 Å². The molecule has 0 spiro atoms. The van der Waals surface area contributed by atoms with E-state index in [-0.39, 0.29) is 17.9 Å². The van der Waals surface area contributed by atoms with Crippen molar-refractivity contribution in [1.82, 2.24) is 5.32 Å². The molecule has 0 saturated carbocycles. The van der Waals surface area contributed by atoms with Crippen LogP contribution in [0.3, 0.4) is 0 Å². The van der Waals surface area contributed by atoms with Gasteiger partial charge in [0, 0.05) is 23.6 Å². The van der Waals surface area contributed by atoms with Crippen molar-refractivity contribution < 1.29 is 14.3 Å². The molecule has 2 N–H and O–H groups in total. The highest BCUT2D eigenvalue weighted by atomic mass is 35.5. The first kappa shape index (κ1) is 20.2. The quantitative estimate of drug-likeness (QED) is 0.633.